The van der Waals surface area contributed by atoms with Gasteiger partial charge in [-0.2, -0.15) is 0 Å². The Kier molecular flexibility index (Phi) is 5.54. The second kappa shape index (κ2) is 7.97. The number of thiophene rings is 1. The van der Waals surface area contributed by atoms with Crippen molar-refractivity contribution >= 4 is 62.3 Å². The molecule has 0 saturated carbocycles. The van der Waals surface area contributed by atoms with E-state index < -0.39 is 24.7 Å². The van der Waals surface area contributed by atoms with Crippen molar-refractivity contribution in [2.75, 3.05) is 18.1 Å². The van der Waals surface area contributed by atoms with E-state index in [4.69, 9.17) is 28.3 Å². The minimum absolute atomic E-state index is 0.0644. The van der Waals surface area contributed by atoms with Gasteiger partial charge < -0.3 is 25.4 Å². The number of aliphatic hydroxyl groups excluding tert-OH is 2. The smallest absolute Gasteiger partial charge is 0.268 e. The van der Waals surface area contributed by atoms with Gasteiger partial charge in [-0.25, -0.2) is 0 Å². The fourth-order valence-corrected chi connectivity index (χ4v) is 4.89. The molecule has 1 aliphatic heterocycles. The average molecular weight is 454 g/mol. The van der Waals surface area contributed by atoms with Crippen LogP contribution < -0.4 is 10.2 Å². The number of carbonyl (C=O) groups is 2. The van der Waals surface area contributed by atoms with Gasteiger partial charge in [-0.15, -0.1) is 11.3 Å². The van der Waals surface area contributed by atoms with Gasteiger partial charge in [0.15, 0.2) is 0 Å². The molecule has 152 valence electrons. The van der Waals surface area contributed by atoms with Crippen LogP contribution in [0.1, 0.15) is 16.1 Å². The predicted molar refractivity (Wildman–Crippen MR) is 113 cm³/mol. The van der Waals surface area contributed by atoms with Gasteiger partial charge in [0, 0.05) is 12.1 Å². The maximum Gasteiger partial charge on any atom is 0.268 e. The zero-order chi connectivity index (χ0) is 20.7. The van der Waals surface area contributed by atoms with Crippen molar-refractivity contribution in [3.05, 3.63) is 50.9 Å². The summed E-state index contributed by atoms with van der Waals surface area (Å²) in [6.07, 6.45) is -0.753. The Hall–Kier alpha value is -2.10. The molecule has 7 nitrogen and oxygen atoms in total. The number of fused-ring (bicyclic) bond motifs is 2. The number of aromatic amines is 1. The number of aliphatic hydroxyl groups is 2. The van der Waals surface area contributed by atoms with Crippen LogP contribution in [-0.2, 0) is 11.2 Å². The number of hydrogen-bond acceptors (Lipinski definition) is 5. The molecule has 2 aromatic heterocycles. The Balaban J connectivity index is 1.58. The molecule has 2 amide bonds. The maximum atomic E-state index is 13.0. The molecule has 0 saturated heterocycles. The van der Waals surface area contributed by atoms with Crippen molar-refractivity contribution in [1.82, 2.24) is 10.3 Å². The number of hydrogen-bond donors (Lipinski definition) is 4. The normalized spacial score (nSPS) is 17.4. The van der Waals surface area contributed by atoms with Gasteiger partial charge in [0.1, 0.15) is 16.1 Å². The number of H-pyrrole nitrogens is 1. The summed E-state index contributed by atoms with van der Waals surface area (Å²) in [5.41, 5.74) is 2.39. The highest BCUT2D eigenvalue weighted by atomic mass is 35.5. The number of β-amino-alcohol motifs (C(OH)–C–C–N with tert-alkyl or cyclic N) is 1. The van der Waals surface area contributed by atoms with E-state index in [-0.39, 0.29) is 18.1 Å². The second-order valence-corrected chi connectivity index (χ2v) is 8.79. The van der Waals surface area contributed by atoms with Crippen LogP contribution in [0.4, 0.5) is 5.69 Å². The van der Waals surface area contributed by atoms with Crippen molar-refractivity contribution < 1.29 is 19.8 Å². The van der Waals surface area contributed by atoms with Gasteiger partial charge in [-0.05, 0) is 17.7 Å². The van der Waals surface area contributed by atoms with E-state index >= 15 is 0 Å². The Morgan fingerprint density at radius 1 is 1.38 bits per heavy atom. The second-order valence-electron chi connectivity index (χ2n) is 6.76. The quantitative estimate of drug-likeness (QED) is 0.476. The zero-order valence-corrected chi connectivity index (χ0v) is 17.3. The number of rotatable bonds is 5. The molecular formula is C19H17Cl2N3O4S. The first-order chi connectivity index (χ1) is 13.9. The van der Waals surface area contributed by atoms with Crippen LogP contribution in [0.25, 0.3) is 10.2 Å². The Bertz CT molecular complexity index is 1100. The average Bonchev–Trinajstić information content (AvgIpc) is 3.24. The van der Waals surface area contributed by atoms with E-state index in [0.29, 0.717) is 27.0 Å². The minimum atomic E-state index is -1.08. The number of nitrogens with one attached hydrogen (secondary N) is 2. The predicted octanol–water partition coefficient (Wildman–Crippen LogP) is 2.58. The summed E-state index contributed by atoms with van der Waals surface area (Å²) < 4.78 is 1.19. The standard InChI is InChI=1S/C19H17Cl2N3O4S/c20-15-16-14(29-17(15)21)6-11(22-16)18(27)23-12-5-9-3-1-2-4-13(9)24(19(12)28)7-10(26)8-25/h1-4,6,10,12,22,25-26H,5,7-8H2,(H,23,27)/t10-,12?/m1/s1. The summed E-state index contributed by atoms with van der Waals surface area (Å²) in [7, 11) is 0. The third kappa shape index (κ3) is 3.74. The van der Waals surface area contributed by atoms with Gasteiger partial charge in [0.25, 0.3) is 5.91 Å². The maximum absolute atomic E-state index is 13.0. The lowest BCUT2D eigenvalue weighted by molar-refractivity contribution is -0.121. The lowest BCUT2D eigenvalue weighted by atomic mass is 9.96. The molecular weight excluding hydrogens is 437 g/mol. The first-order valence-corrected chi connectivity index (χ1v) is 10.4. The summed E-state index contributed by atoms with van der Waals surface area (Å²) >= 11 is 13.4. The third-order valence-corrected chi connectivity index (χ3v) is 6.73. The van der Waals surface area contributed by atoms with E-state index in [2.05, 4.69) is 10.3 Å². The number of benzene rings is 1. The summed E-state index contributed by atoms with van der Waals surface area (Å²) in [4.78, 5) is 30.1. The number of halogens is 2. The van der Waals surface area contributed by atoms with Crippen LogP contribution >= 0.6 is 34.5 Å². The molecule has 3 aromatic rings. The fourth-order valence-electron chi connectivity index (χ4n) is 3.41. The van der Waals surface area contributed by atoms with Gasteiger partial charge in [-0.1, -0.05) is 41.4 Å². The van der Waals surface area contributed by atoms with Crippen LogP contribution in [-0.4, -0.2) is 52.3 Å². The van der Waals surface area contributed by atoms with E-state index in [1.54, 1.807) is 18.2 Å². The molecule has 1 unspecified atom stereocenters. The third-order valence-electron chi connectivity index (χ3n) is 4.80. The Labute approximate surface area is 179 Å². The molecule has 1 aliphatic rings. The van der Waals surface area contributed by atoms with Crippen LogP contribution in [0.3, 0.4) is 0 Å². The van der Waals surface area contributed by atoms with Crippen molar-refractivity contribution in [3.63, 3.8) is 0 Å². The largest absolute Gasteiger partial charge is 0.394 e. The molecule has 4 rings (SSSR count). The first-order valence-electron chi connectivity index (χ1n) is 8.84. The van der Waals surface area contributed by atoms with Crippen molar-refractivity contribution in [3.8, 4) is 0 Å². The molecule has 3 heterocycles. The molecule has 0 spiro atoms. The summed E-state index contributed by atoms with van der Waals surface area (Å²) in [5, 5.41) is 22.1. The molecule has 0 radical (unpaired) electrons. The molecule has 1 aromatic carbocycles. The first kappa shape index (κ1) is 20.2. The highest BCUT2D eigenvalue weighted by molar-refractivity contribution is 7.23. The molecule has 29 heavy (non-hydrogen) atoms. The van der Waals surface area contributed by atoms with Crippen molar-refractivity contribution in [2.24, 2.45) is 0 Å². The lowest BCUT2D eigenvalue weighted by Gasteiger charge is -2.35. The van der Waals surface area contributed by atoms with E-state index in [0.717, 1.165) is 10.3 Å². The number of para-hydroxylation sites is 1. The van der Waals surface area contributed by atoms with Crippen molar-refractivity contribution in [2.45, 2.75) is 18.6 Å². The lowest BCUT2D eigenvalue weighted by Crippen LogP contribution is -2.54. The van der Waals surface area contributed by atoms with Gasteiger partial charge in [0.05, 0.1) is 34.5 Å². The van der Waals surface area contributed by atoms with Gasteiger partial charge >= 0.3 is 0 Å². The van der Waals surface area contributed by atoms with Gasteiger partial charge in [-0.3, -0.25) is 9.59 Å². The molecule has 2 atom stereocenters. The van der Waals surface area contributed by atoms with E-state index in [9.17, 15) is 14.7 Å². The number of amides is 2. The Morgan fingerprint density at radius 3 is 2.86 bits per heavy atom. The molecule has 0 fully saturated rings. The highest BCUT2D eigenvalue weighted by Gasteiger charge is 2.35. The van der Waals surface area contributed by atoms with Crippen molar-refractivity contribution in [1.29, 1.82) is 0 Å². The van der Waals surface area contributed by atoms with E-state index in [1.807, 2.05) is 12.1 Å². The summed E-state index contributed by atoms with van der Waals surface area (Å²) in [6, 6.07) is 8.12. The van der Waals surface area contributed by atoms with Crippen LogP contribution in [0.15, 0.2) is 30.3 Å². The molecule has 0 aliphatic carbocycles. The van der Waals surface area contributed by atoms with Crippen LogP contribution in [0, 0.1) is 0 Å². The number of nitrogens with zero attached hydrogens (tertiary/aromatic N) is 1. The minimum Gasteiger partial charge on any atom is -0.394 e. The Morgan fingerprint density at radius 2 is 2.14 bits per heavy atom. The summed E-state index contributed by atoms with van der Waals surface area (Å²) in [5.74, 6) is -0.792. The molecule has 10 heteroatoms. The monoisotopic (exact) mass is 453 g/mol. The zero-order valence-electron chi connectivity index (χ0n) is 15.0. The van der Waals surface area contributed by atoms with Crippen LogP contribution in [0.5, 0.6) is 0 Å². The summed E-state index contributed by atoms with van der Waals surface area (Å²) in [6.45, 7) is -0.531. The van der Waals surface area contributed by atoms with Crippen LogP contribution in [0.2, 0.25) is 9.36 Å². The molecule has 4 N–H and O–H groups in total. The number of aromatic nitrogens is 1. The fraction of sp³-hybridized carbons (Fsp3) is 0.263. The number of carbonyl (C=O) groups excluding carboxylic acids is 2. The SMILES string of the molecule is O=C(NC1Cc2ccccc2N(C[C@@H](O)CO)C1=O)c1cc2sc(Cl)c(Cl)c2[nH]1. The topological polar surface area (TPSA) is 106 Å². The molecule has 0 bridgehead atoms. The van der Waals surface area contributed by atoms with Gasteiger partial charge in [0.2, 0.25) is 5.91 Å². The number of anilines is 1. The van der Waals surface area contributed by atoms with E-state index in [1.165, 1.54) is 16.2 Å². The highest BCUT2D eigenvalue weighted by Crippen LogP contribution is 2.39.